The number of carbonyl (C=O) groups is 1. The van der Waals surface area contributed by atoms with Crippen molar-refractivity contribution in [2.24, 2.45) is 11.8 Å². The summed E-state index contributed by atoms with van der Waals surface area (Å²) in [7, 11) is 0. The standard InChI is InChI=1S/C16H13F5N4OS/c17-15(18)9-5-6-10(11(9)15)22-13(26)24-14-23-12(25-27-14)7-3-1-2-4-8(7)16(19,20)21/h1-4,9-11H,5-6H2,(H2,22,23,24,25,26). The van der Waals surface area contributed by atoms with Crippen molar-refractivity contribution < 1.29 is 26.7 Å². The Morgan fingerprint density at radius 1 is 1.22 bits per heavy atom. The van der Waals surface area contributed by atoms with Gasteiger partial charge in [-0.1, -0.05) is 18.2 Å². The highest BCUT2D eigenvalue weighted by Crippen LogP contribution is 2.64. The molecule has 2 N–H and O–H groups in total. The largest absolute Gasteiger partial charge is 0.417 e. The Bertz CT molecular complexity index is 884. The lowest BCUT2D eigenvalue weighted by molar-refractivity contribution is -0.137. The zero-order valence-corrected chi connectivity index (χ0v) is 14.4. The lowest BCUT2D eigenvalue weighted by Crippen LogP contribution is -2.39. The molecule has 144 valence electrons. The molecule has 2 fully saturated rings. The first-order valence-electron chi connectivity index (χ1n) is 8.13. The summed E-state index contributed by atoms with van der Waals surface area (Å²) in [6.45, 7) is 0. The number of halogens is 5. The molecule has 0 aliphatic heterocycles. The Kier molecular flexibility index (Phi) is 4.09. The van der Waals surface area contributed by atoms with Crippen molar-refractivity contribution in [2.45, 2.75) is 31.0 Å². The number of hydrogen-bond donors (Lipinski definition) is 2. The zero-order chi connectivity index (χ0) is 19.4. The summed E-state index contributed by atoms with van der Waals surface area (Å²) < 4.78 is 69.9. The van der Waals surface area contributed by atoms with Gasteiger partial charge in [-0.15, -0.1) is 0 Å². The van der Waals surface area contributed by atoms with Crippen LogP contribution >= 0.6 is 11.5 Å². The first-order chi connectivity index (χ1) is 12.7. The van der Waals surface area contributed by atoms with Crippen molar-refractivity contribution in [3.05, 3.63) is 29.8 Å². The molecule has 0 spiro atoms. The zero-order valence-electron chi connectivity index (χ0n) is 13.6. The third-order valence-electron chi connectivity index (χ3n) is 4.92. The van der Waals surface area contributed by atoms with Gasteiger partial charge in [0.2, 0.25) is 5.13 Å². The number of alkyl halides is 5. The molecule has 1 heterocycles. The van der Waals surface area contributed by atoms with Crippen LogP contribution in [0.3, 0.4) is 0 Å². The Morgan fingerprint density at radius 3 is 2.63 bits per heavy atom. The van der Waals surface area contributed by atoms with E-state index in [1.54, 1.807) is 0 Å². The van der Waals surface area contributed by atoms with Crippen molar-refractivity contribution in [2.75, 3.05) is 5.32 Å². The summed E-state index contributed by atoms with van der Waals surface area (Å²) in [5.74, 6) is -4.41. The number of fused-ring (bicyclic) bond motifs is 1. The molecule has 4 rings (SSSR count). The lowest BCUT2D eigenvalue weighted by atomic mass is 10.1. The van der Waals surface area contributed by atoms with E-state index in [0.29, 0.717) is 24.4 Å². The Hall–Kier alpha value is -2.30. The maximum absolute atomic E-state index is 13.4. The number of nitrogens with zero attached hydrogens (tertiary/aromatic N) is 2. The molecule has 0 radical (unpaired) electrons. The summed E-state index contributed by atoms with van der Waals surface area (Å²) in [6, 6.07) is 3.50. The topological polar surface area (TPSA) is 66.9 Å². The van der Waals surface area contributed by atoms with Gasteiger partial charge in [0.25, 0.3) is 5.92 Å². The molecule has 3 unspecified atom stereocenters. The summed E-state index contributed by atoms with van der Waals surface area (Å²) in [5.41, 5.74) is -1.09. The second kappa shape index (κ2) is 6.11. The molecule has 2 amide bonds. The van der Waals surface area contributed by atoms with Crippen LogP contribution < -0.4 is 10.6 Å². The van der Waals surface area contributed by atoms with Crippen LogP contribution in [0.15, 0.2) is 24.3 Å². The van der Waals surface area contributed by atoms with Crippen LogP contribution in [-0.4, -0.2) is 27.4 Å². The van der Waals surface area contributed by atoms with E-state index in [4.69, 9.17) is 0 Å². The number of nitrogens with one attached hydrogen (secondary N) is 2. The first-order valence-corrected chi connectivity index (χ1v) is 8.91. The van der Waals surface area contributed by atoms with Gasteiger partial charge >= 0.3 is 12.2 Å². The maximum Gasteiger partial charge on any atom is 0.417 e. The molecule has 11 heteroatoms. The lowest BCUT2D eigenvalue weighted by Gasteiger charge is -2.15. The van der Waals surface area contributed by atoms with Crippen molar-refractivity contribution in [1.29, 1.82) is 0 Å². The second-order valence-corrected chi connectivity index (χ2v) is 7.31. The normalized spacial score (nSPS) is 25.7. The third kappa shape index (κ3) is 3.24. The fraction of sp³-hybridized carbons (Fsp3) is 0.438. The van der Waals surface area contributed by atoms with Gasteiger partial charge < -0.3 is 5.32 Å². The smallest absolute Gasteiger partial charge is 0.335 e. The quantitative estimate of drug-likeness (QED) is 0.746. The van der Waals surface area contributed by atoms with E-state index in [2.05, 4.69) is 20.0 Å². The fourth-order valence-corrected chi connectivity index (χ4v) is 4.23. The molecular weight excluding hydrogens is 391 g/mol. The highest BCUT2D eigenvalue weighted by molar-refractivity contribution is 7.10. The predicted molar refractivity (Wildman–Crippen MR) is 87.5 cm³/mol. The number of urea groups is 1. The Balaban J connectivity index is 1.44. The van der Waals surface area contributed by atoms with E-state index in [9.17, 15) is 26.7 Å². The van der Waals surface area contributed by atoms with Gasteiger partial charge in [0.1, 0.15) is 0 Å². The molecule has 27 heavy (non-hydrogen) atoms. The minimum Gasteiger partial charge on any atom is -0.335 e. The summed E-state index contributed by atoms with van der Waals surface area (Å²) >= 11 is 0.712. The minimum absolute atomic E-state index is 0.0171. The van der Waals surface area contributed by atoms with Crippen LogP contribution in [0.5, 0.6) is 0 Å². The van der Waals surface area contributed by atoms with Crippen molar-refractivity contribution in [1.82, 2.24) is 14.7 Å². The number of hydrogen-bond acceptors (Lipinski definition) is 4. The van der Waals surface area contributed by atoms with E-state index < -0.39 is 41.6 Å². The minimum atomic E-state index is -4.57. The van der Waals surface area contributed by atoms with Gasteiger partial charge in [-0.25, -0.2) is 13.6 Å². The SMILES string of the molecule is O=C(Nc1nc(-c2ccccc2C(F)(F)F)ns1)NC1CCC2C1C2(F)F. The molecular formula is C16H13F5N4OS. The van der Waals surface area contributed by atoms with Gasteiger partial charge in [-0.3, -0.25) is 5.32 Å². The molecule has 0 bridgehead atoms. The van der Waals surface area contributed by atoms with E-state index in [0.717, 1.165) is 6.07 Å². The van der Waals surface area contributed by atoms with Gasteiger partial charge in [-0.05, 0) is 18.9 Å². The number of aromatic nitrogens is 2. The molecule has 5 nitrogen and oxygen atoms in total. The molecule has 1 aromatic heterocycles. The average molecular weight is 404 g/mol. The maximum atomic E-state index is 13.4. The molecule has 1 aromatic carbocycles. The van der Waals surface area contributed by atoms with Crippen molar-refractivity contribution >= 4 is 22.7 Å². The van der Waals surface area contributed by atoms with E-state index in [1.807, 2.05) is 0 Å². The molecule has 2 saturated carbocycles. The van der Waals surface area contributed by atoms with Crippen LogP contribution in [-0.2, 0) is 6.18 Å². The van der Waals surface area contributed by atoms with Gasteiger partial charge in [0, 0.05) is 29.1 Å². The Labute approximate surface area is 154 Å². The fourth-order valence-electron chi connectivity index (χ4n) is 3.65. The van der Waals surface area contributed by atoms with Gasteiger partial charge in [0.15, 0.2) is 5.82 Å². The molecule has 2 aliphatic rings. The van der Waals surface area contributed by atoms with E-state index >= 15 is 0 Å². The Morgan fingerprint density at radius 2 is 1.96 bits per heavy atom. The van der Waals surface area contributed by atoms with Crippen LogP contribution in [0, 0.1) is 11.8 Å². The first kappa shape index (κ1) is 18.1. The molecule has 2 aliphatic carbocycles. The van der Waals surface area contributed by atoms with Crippen molar-refractivity contribution in [3.8, 4) is 11.4 Å². The highest BCUT2D eigenvalue weighted by atomic mass is 32.1. The van der Waals surface area contributed by atoms with Crippen molar-refractivity contribution in [3.63, 3.8) is 0 Å². The summed E-state index contributed by atoms with van der Waals surface area (Å²) in [5, 5.41) is 4.82. The third-order valence-corrected chi connectivity index (χ3v) is 5.55. The van der Waals surface area contributed by atoms with Crippen LogP contribution in [0.4, 0.5) is 31.9 Å². The average Bonchev–Trinajstić information content (AvgIpc) is 2.99. The summed E-state index contributed by atoms with van der Waals surface area (Å²) in [4.78, 5) is 15.9. The van der Waals surface area contributed by atoms with E-state index in [-0.39, 0.29) is 16.5 Å². The highest BCUT2D eigenvalue weighted by Gasteiger charge is 2.73. The monoisotopic (exact) mass is 404 g/mol. The molecule has 0 saturated heterocycles. The van der Waals surface area contributed by atoms with Crippen LogP contribution in [0.1, 0.15) is 18.4 Å². The second-order valence-electron chi connectivity index (χ2n) is 6.56. The van der Waals surface area contributed by atoms with Gasteiger partial charge in [-0.2, -0.15) is 22.5 Å². The van der Waals surface area contributed by atoms with Gasteiger partial charge in [0.05, 0.1) is 11.5 Å². The molecule has 2 aromatic rings. The number of anilines is 1. The van der Waals surface area contributed by atoms with E-state index in [1.165, 1.54) is 18.2 Å². The predicted octanol–water partition coefficient (Wildman–Crippen LogP) is 4.39. The van der Waals surface area contributed by atoms with Crippen LogP contribution in [0.2, 0.25) is 0 Å². The number of amides is 2. The summed E-state index contributed by atoms with van der Waals surface area (Å²) in [6.07, 6.45) is -3.74. The number of rotatable bonds is 3. The van der Waals surface area contributed by atoms with Crippen LogP contribution in [0.25, 0.3) is 11.4 Å². The number of carbonyl (C=O) groups excluding carboxylic acids is 1. The molecule has 3 atom stereocenters. The number of benzene rings is 1.